The van der Waals surface area contributed by atoms with Crippen LogP contribution in [0.4, 0.5) is 0 Å². The summed E-state index contributed by atoms with van der Waals surface area (Å²) in [6, 6.07) is 10.2. The van der Waals surface area contributed by atoms with Gasteiger partial charge in [-0.2, -0.15) is 0 Å². The first-order chi connectivity index (χ1) is 17.1. The predicted molar refractivity (Wildman–Crippen MR) is 150 cm³/mol. The van der Waals surface area contributed by atoms with Crippen molar-refractivity contribution in [1.82, 2.24) is 4.90 Å². The minimum Gasteiger partial charge on any atom is -0.492 e. The third-order valence-electron chi connectivity index (χ3n) is 5.51. The maximum Gasteiger partial charge on any atom is 0.119 e. The van der Waals surface area contributed by atoms with Crippen molar-refractivity contribution in [1.29, 1.82) is 0 Å². The lowest BCUT2D eigenvalue weighted by atomic mass is 9.90. The van der Waals surface area contributed by atoms with Crippen LogP contribution in [0.25, 0.3) is 5.57 Å². The van der Waals surface area contributed by atoms with E-state index in [0.29, 0.717) is 13.0 Å². The molecule has 0 saturated carbocycles. The van der Waals surface area contributed by atoms with Crippen LogP contribution in [0, 0.1) is 0 Å². The summed E-state index contributed by atoms with van der Waals surface area (Å²) >= 11 is 0. The molecule has 35 heavy (non-hydrogen) atoms. The Balaban J connectivity index is 3.43. The van der Waals surface area contributed by atoms with Gasteiger partial charge >= 0.3 is 0 Å². The van der Waals surface area contributed by atoms with E-state index < -0.39 is 0 Å². The van der Waals surface area contributed by atoms with E-state index in [-0.39, 0.29) is 13.2 Å². The number of rotatable bonds is 17. The van der Waals surface area contributed by atoms with Crippen LogP contribution in [-0.4, -0.2) is 54.6 Å². The molecule has 0 aliphatic heterocycles. The second-order valence-corrected chi connectivity index (χ2v) is 7.83. The number of allylic oxidation sites excluding steroid dienone is 11. The van der Waals surface area contributed by atoms with E-state index in [1.165, 1.54) is 0 Å². The van der Waals surface area contributed by atoms with Gasteiger partial charge in [-0.3, -0.25) is 0 Å². The van der Waals surface area contributed by atoms with Gasteiger partial charge in [0.1, 0.15) is 12.4 Å². The Bertz CT molecular complexity index is 900. The average molecular weight is 478 g/mol. The Morgan fingerprint density at radius 2 is 1.77 bits per heavy atom. The van der Waals surface area contributed by atoms with Gasteiger partial charge in [0, 0.05) is 13.2 Å². The largest absolute Gasteiger partial charge is 0.492 e. The van der Waals surface area contributed by atoms with E-state index in [0.717, 1.165) is 54.1 Å². The zero-order chi connectivity index (χ0) is 25.7. The number of aliphatic hydroxyl groups is 2. The number of ether oxygens (including phenoxy) is 1. The quantitative estimate of drug-likeness (QED) is 0.206. The summed E-state index contributed by atoms with van der Waals surface area (Å²) in [5, 5.41) is 18.7. The molecule has 2 N–H and O–H groups in total. The zero-order valence-corrected chi connectivity index (χ0v) is 21.7. The monoisotopic (exact) mass is 477 g/mol. The van der Waals surface area contributed by atoms with Gasteiger partial charge in [0.05, 0.1) is 6.61 Å². The molecule has 190 valence electrons. The lowest BCUT2D eigenvalue weighted by Gasteiger charge is -2.18. The maximum absolute atomic E-state index is 9.53. The molecule has 0 aliphatic rings. The van der Waals surface area contributed by atoms with E-state index in [1.807, 2.05) is 67.7 Å². The third-order valence-corrected chi connectivity index (χ3v) is 5.51. The van der Waals surface area contributed by atoms with Gasteiger partial charge in [-0.05, 0) is 67.3 Å². The van der Waals surface area contributed by atoms with E-state index in [9.17, 15) is 5.11 Å². The Hall–Kier alpha value is -2.92. The first-order valence-electron chi connectivity index (χ1n) is 12.5. The molecule has 1 aromatic carbocycles. The molecule has 1 rings (SSSR count). The first-order valence-corrected chi connectivity index (χ1v) is 12.5. The second kappa shape index (κ2) is 19.4. The number of hydrogen-bond acceptors (Lipinski definition) is 4. The average Bonchev–Trinajstić information content (AvgIpc) is 2.89. The van der Waals surface area contributed by atoms with E-state index in [1.54, 1.807) is 6.08 Å². The van der Waals surface area contributed by atoms with Gasteiger partial charge in [-0.15, -0.1) is 0 Å². The van der Waals surface area contributed by atoms with Gasteiger partial charge in [0.25, 0.3) is 0 Å². The Morgan fingerprint density at radius 3 is 2.37 bits per heavy atom. The summed E-state index contributed by atoms with van der Waals surface area (Å²) in [5.41, 5.74) is 4.18. The van der Waals surface area contributed by atoms with E-state index >= 15 is 0 Å². The molecule has 0 heterocycles. The van der Waals surface area contributed by atoms with Crippen molar-refractivity contribution in [2.45, 2.75) is 33.6 Å². The molecule has 0 fully saturated rings. The van der Waals surface area contributed by atoms with E-state index in [2.05, 4.69) is 43.5 Å². The second-order valence-electron chi connectivity index (χ2n) is 7.83. The molecule has 4 heteroatoms. The number of aliphatic hydroxyl groups excluding tert-OH is 2. The summed E-state index contributed by atoms with van der Waals surface area (Å²) in [6.07, 6.45) is 18.6. The van der Waals surface area contributed by atoms with Crippen molar-refractivity contribution in [2.24, 2.45) is 0 Å². The minimum absolute atomic E-state index is 0.0217. The molecule has 0 atom stereocenters. The number of hydrogen-bond donors (Lipinski definition) is 2. The zero-order valence-electron chi connectivity index (χ0n) is 21.7. The van der Waals surface area contributed by atoms with Crippen molar-refractivity contribution in [2.75, 3.05) is 39.5 Å². The highest BCUT2D eigenvalue weighted by Gasteiger charge is 2.10. The van der Waals surface area contributed by atoms with Crippen molar-refractivity contribution >= 4 is 5.57 Å². The molecule has 1 aromatic rings. The lowest BCUT2D eigenvalue weighted by molar-refractivity contribution is 0.171. The summed E-state index contributed by atoms with van der Waals surface area (Å²) in [5.74, 6) is 0.802. The Morgan fingerprint density at radius 1 is 1.03 bits per heavy atom. The molecule has 0 bridgehead atoms. The maximum atomic E-state index is 9.53. The highest BCUT2D eigenvalue weighted by atomic mass is 16.5. The van der Waals surface area contributed by atoms with Crippen LogP contribution in [-0.2, 0) is 4.74 Å². The summed E-state index contributed by atoms with van der Waals surface area (Å²) in [4.78, 5) is 2.33. The first kappa shape index (κ1) is 30.1. The fraction of sp³-hybridized carbons (Fsp3) is 0.355. The van der Waals surface area contributed by atoms with Crippen LogP contribution in [0.3, 0.4) is 0 Å². The molecular weight excluding hydrogens is 434 g/mol. The molecule has 0 unspecified atom stereocenters. The van der Waals surface area contributed by atoms with Gasteiger partial charge in [-0.25, -0.2) is 0 Å². The van der Waals surface area contributed by atoms with Crippen LogP contribution in [0.2, 0.25) is 0 Å². The minimum atomic E-state index is -0.0217. The van der Waals surface area contributed by atoms with Crippen LogP contribution >= 0.6 is 0 Å². The number of nitrogens with zero attached hydrogens (tertiary/aromatic N) is 1. The number of benzene rings is 1. The van der Waals surface area contributed by atoms with Crippen molar-refractivity contribution in [3.8, 4) is 0 Å². The predicted octanol–water partition coefficient (Wildman–Crippen LogP) is 6.25. The molecule has 4 nitrogen and oxygen atoms in total. The molecule has 0 spiro atoms. The highest BCUT2D eigenvalue weighted by Crippen LogP contribution is 2.30. The fourth-order valence-electron chi connectivity index (χ4n) is 3.59. The normalized spacial score (nSPS) is 13.9. The third kappa shape index (κ3) is 11.9. The van der Waals surface area contributed by atoms with Crippen LogP contribution in [0.1, 0.15) is 39.2 Å². The van der Waals surface area contributed by atoms with Crippen LogP contribution in [0.5, 0.6) is 0 Å². The molecule has 0 amide bonds. The van der Waals surface area contributed by atoms with Gasteiger partial charge in [-0.1, -0.05) is 93.3 Å². The number of likely N-dealkylation sites (N-methyl/N-ethyl adjacent to an activating group) is 1. The smallest absolute Gasteiger partial charge is 0.119 e. The fourth-order valence-corrected chi connectivity index (χ4v) is 3.59. The highest BCUT2D eigenvalue weighted by molar-refractivity contribution is 5.76. The molecular formula is C31H43NO3. The van der Waals surface area contributed by atoms with Gasteiger partial charge in [0.15, 0.2) is 0 Å². The van der Waals surface area contributed by atoms with Crippen molar-refractivity contribution < 1.29 is 14.9 Å². The summed E-state index contributed by atoms with van der Waals surface area (Å²) in [6.45, 7) is 13.9. The molecule has 0 saturated heterocycles. The van der Waals surface area contributed by atoms with Crippen molar-refractivity contribution in [3.63, 3.8) is 0 Å². The SMILES string of the molecule is C=CC(=C\C=CCO)/C(/C=C\C=C(/C=C\C)OCCN(CC)CC)=C(\CCCO)c1ccccc1. The van der Waals surface area contributed by atoms with Crippen LogP contribution in [0.15, 0.2) is 109 Å². The van der Waals surface area contributed by atoms with E-state index in [4.69, 9.17) is 9.84 Å². The summed E-state index contributed by atoms with van der Waals surface area (Å²) < 4.78 is 6.03. The lowest BCUT2D eigenvalue weighted by Crippen LogP contribution is -2.26. The molecule has 0 radical (unpaired) electrons. The van der Waals surface area contributed by atoms with Crippen LogP contribution < -0.4 is 0 Å². The van der Waals surface area contributed by atoms with Gasteiger partial charge < -0.3 is 19.8 Å². The molecule has 0 aromatic heterocycles. The standard InChI is InChI=1S/C31H43NO3/c1-5-16-29(35-26-23-32(7-3)8-4)20-14-21-30(27(6-2)17-12-13-24-33)31(22-15-25-34)28-18-10-9-11-19-28/h5-6,9-14,16-21,33-34H,2,7-8,15,22-26H2,1,3-4H3/b13-12?,16-5-,21-14-,27-17+,29-20+,31-30+. The molecule has 0 aliphatic carbocycles. The van der Waals surface area contributed by atoms with Crippen molar-refractivity contribution in [3.05, 3.63) is 114 Å². The summed E-state index contributed by atoms with van der Waals surface area (Å²) in [7, 11) is 0. The Labute approximate surface area is 212 Å². The van der Waals surface area contributed by atoms with Gasteiger partial charge in [0.2, 0.25) is 0 Å². The Kier molecular flexibility index (Phi) is 16.7. The topological polar surface area (TPSA) is 52.9 Å².